The Morgan fingerprint density at radius 2 is 0.462 bits per heavy atom. The highest BCUT2D eigenvalue weighted by Gasteiger charge is 1.94. The van der Waals surface area contributed by atoms with Crippen molar-refractivity contribution in [1.29, 1.82) is 0 Å². The lowest BCUT2D eigenvalue weighted by molar-refractivity contribution is -0.0223. The first-order valence-corrected chi connectivity index (χ1v) is 8.67. The molecule has 10 heteroatoms. The van der Waals surface area contributed by atoms with Crippen LogP contribution in [0.5, 0.6) is 0 Å². The van der Waals surface area contributed by atoms with Gasteiger partial charge in [-0.3, -0.25) is 0 Å². The van der Waals surface area contributed by atoms with Crippen molar-refractivity contribution in [2.75, 3.05) is 106 Å². The smallest absolute Gasteiger partial charge is 0.0701 e. The van der Waals surface area contributed by atoms with Crippen LogP contribution in [0.15, 0.2) is 0 Å². The minimum absolute atomic E-state index is 0. The van der Waals surface area contributed by atoms with Gasteiger partial charge in [-0.15, -0.1) is 12.4 Å². The minimum Gasteiger partial charge on any atom is -0.394 e. The Bertz CT molecular complexity index is 216. The van der Waals surface area contributed by atoms with E-state index < -0.39 is 0 Å². The number of aliphatic hydroxyl groups is 2. The molecule has 0 aromatic rings. The average Bonchev–Trinajstić information content (AvgIpc) is 2.63. The van der Waals surface area contributed by atoms with Crippen LogP contribution in [0.3, 0.4) is 0 Å². The lowest BCUT2D eigenvalue weighted by atomic mass is 10.6. The number of ether oxygens (including phenoxy) is 7. The molecule has 2 N–H and O–H groups in total. The summed E-state index contributed by atoms with van der Waals surface area (Å²) in [5, 5.41) is 17.0. The van der Waals surface area contributed by atoms with E-state index in [9.17, 15) is 0 Å². The molecule has 0 fully saturated rings. The SMILES string of the molecule is Cl.OCCOCCOCCOCCOCCOCCOCCOCCO. The second kappa shape index (κ2) is 27.2. The maximum Gasteiger partial charge on any atom is 0.0701 e. The van der Waals surface area contributed by atoms with Gasteiger partial charge in [0, 0.05) is 0 Å². The van der Waals surface area contributed by atoms with E-state index in [-0.39, 0.29) is 25.6 Å². The Labute approximate surface area is 162 Å². The average molecular weight is 407 g/mol. The Hall–Kier alpha value is -0.0700. The third kappa shape index (κ3) is 26.2. The van der Waals surface area contributed by atoms with E-state index in [2.05, 4.69) is 0 Å². The molecule has 0 aliphatic carbocycles. The maximum absolute atomic E-state index is 8.50. The molecule has 0 heterocycles. The topological polar surface area (TPSA) is 105 Å². The van der Waals surface area contributed by atoms with Gasteiger partial charge in [0.1, 0.15) is 0 Å². The van der Waals surface area contributed by atoms with Crippen LogP contribution in [0.1, 0.15) is 0 Å². The summed E-state index contributed by atoms with van der Waals surface area (Å²) in [5.74, 6) is 0. The van der Waals surface area contributed by atoms with Crippen LogP contribution in [-0.2, 0) is 33.2 Å². The van der Waals surface area contributed by atoms with Crippen molar-refractivity contribution < 1.29 is 43.4 Å². The van der Waals surface area contributed by atoms with Crippen molar-refractivity contribution in [3.63, 3.8) is 0 Å². The van der Waals surface area contributed by atoms with Crippen molar-refractivity contribution in [1.82, 2.24) is 0 Å². The Morgan fingerprint density at radius 3 is 0.615 bits per heavy atom. The van der Waals surface area contributed by atoms with Gasteiger partial charge in [0.05, 0.1) is 106 Å². The molecule has 0 unspecified atom stereocenters. The molecular formula is C16H35ClO9. The van der Waals surface area contributed by atoms with Crippen molar-refractivity contribution >= 4 is 12.4 Å². The van der Waals surface area contributed by atoms with Gasteiger partial charge in [0.15, 0.2) is 0 Å². The first kappa shape index (κ1) is 28.1. The van der Waals surface area contributed by atoms with E-state index >= 15 is 0 Å². The molecule has 0 rings (SSSR count). The third-order valence-corrected chi connectivity index (χ3v) is 2.70. The summed E-state index contributed by atoms with van der Waals surface area (Å²) in [6.07, 6.45) is 0. The highest BCUT2D eigenvalue weighted by atomic mass is 35.5. The van der Waals surface area contributed by atoms with E-state index in [1.165, 1.54) is 0 Å². The lowest BCUT2D eigenvalue weighted by Crippen LogP contribution is -2.14. The molecule has 0 aromatic heterocycles. The van der Waals surface area contributed by atoms with Crippen molar-refractivity contribution in [3.8, 4) is 0 Å². The number of hydrogen-bond acceptors (Lipinski definition) is 9. The summed E-state index contributed by atoms with van der Waals surface area (Å²) in [6, 6.07) is 0. The van der Waals surface area contributed by atoms with Crippen LogP contribution in [0.2, 0.25) is 0 Å². The molecule has 160 valence electrons. The fourth-order valence-corrected chi connectivity index (χ4v) is 1.55. The van der Waals surface area contributed by atoms with E-state index in [4.69, 9.17) is 43.4 Å². The minimum atomic E-state index is 0. The second-order valence-electron chi connectivity index (χ2n) is 4.73. The summed E-state index contributed by atoms with van der Waals surface area (Å²) in [6.45, 7) is 6.80. The largest absolute Gasteiger partial charge is 0.394 e. The predicted molar refractivity (Wildman–Crippen MR) is 97.2 cm³/mol. The second-order valence-corrected chi connectivity index (χ2v) is 4.73. The molecule has 26 heavy (non-hydrogen) atoms. The molecule has 0 aliphatic heterocycles. The molecule has 0 aliphatic rings. The summed E-state index contributed by atoms with van der Waals surface area (Å²) in [4.78, 5) is 0. The molecule has 0 spiro atoms. The first-order valence-electron chi connectivity index (χ1n) is 8.67. The van der Waals surface area contributed by atoms with E-state index in [0.29, 0.717) is 92.5 Å². The van der Waals surface area contributed by atoms with Gasteiger partial charge >= 0.3 is 0 Å². The zero-order valence-corrected chi connectivity index (χ0v) is 16.3. The molecule has 0 radical (unpaired) electrons. The number of hydrogen-bond donors (Lipinski definition) is 2. The van der Waals surface area contributed by atoms with Gasteiger partial charge in [0.2, 0.25) is 0 Å². The highest BCUT2D eigenvalue weighted by Crippen LogP contribution is 1.85. The normalized spacial score (nSPS) is 10.8. The van der Waals surface area contributed by atoms with Gasteiger partial charge in [-0.1, -0.05) is 0 Å². The summed E-state index contributed by atoms with van der Waals surface area (Å²) < 4.78 is 36.7. The van der Waals surface area contributed by atoms with Gasteiger partial charge in [-0.05, 0) is 0 Å². The molecule has 0 aromatic carbocycles. The van der Waals surface area contributed by atoms with Gasteiger partial charge in [-0.25, -0.2) is 0 Å². The van der Waals surface area contributed by atoms with Crippen LogP contribution in [0.25, 0.3) is 0 Å². The number of aliphatic hydroxyl groups excluding tert-OH is 2. The summed E-state index contributed by atoms with van der Waals surface area (Å²) in [5.41, 5.74) is 0. The maximum atomic E-state index is 8.50. The highest BCUT2D eigenvalue weighted by molar-refractivity contribution is 5.85. The van der Waals surface area contributed by atoms with Gasteiger partial charge < -0.3 is 43.4 Å². The van der Waals surface area contributed by atoms with E-state index in [1.807, 2.05) is 0 Å². The van der Waals surface area contributed by atoms with Crippen LogP contribution < -0.4 is 0 Å². The lowest BCUT2D eigenvalue weighted by Gasteiger charge is -2.08. The third-order valence-electron chi connectivity index (χ3n) is 2.70. The first-order chi connectivity index (χ1) is 12.4. The van der Waals surface area contributed by atoms with Crippen molar-refractivity contribution in [2.45, 2.75) is 0 Å². The van der Waals surface area contributed by atoms with Gasteiger partial charge in [0.25, 0.3) is 0 Å². The van der Waals surface area contributed by atoms with Crippen LogP contribution in [-0.4, -0.2) is 116 Å². The van der Waals surface area contributed by atoms with Crippen molar-refractivity contribution in [3.05, 3.63) is 0 Å². The Balaban J connectivity index is 0. The van der Waals surface area contributed by atoms with Crippen LogP contribution >= 0.6 is 12.4 Å². The predicted octanol–water partition coefficient (Wildman–Crippen LogP) is -0.491. The van der Waals surface area contributed by atoms with Gasteiger partial charge in [-0.2, -0.15) is 0 Å². The standard InChI is InChI=1S/C16H34O9.ClH/c17-1-3-19-5-7-21-9-11-23-13-15-25-16-14-24-12-10-22-8-6-20-4-2-18;/h17-18H,1-16H2;1H. The molecular weight excluding hydrogens is 372 g/mol. The molecule has 0 bridgehead atoms. The quantitative estimate of drug-likeness (QED) is 0.230. The van der Waals surface area contributed by atoms with Crippen LogP contribution in [0, 0.1) is 0 Å². The molecule has 9 nitrogen and oxygen atoms in total. The van der Waals surface area contributed by atoms with E-state index in [0.717, 1.165) is 0 Å². The Morgan fingerprint density at radius 1 is 0.308 bits per heavy atom. The number of halogens is 1. The summed E-state index contributed by atoms with van der Waals surface area (Å²) >= 11 is 0. The summed E-state index contributed by atoms with van der Waals surface area (Å²) in [7, 11) is 0. The van der Waals surface area contributed by atoms with Crippen LogP contribution in [0.4, 0.5) is 0 Å². The molecule has 0 saturated heterocycles. The molecule has 0 saturated carbocycles. The molecule has 0 amide bonds. The number of rotatable bonds is 22. The van der Waals surface area contributed by atoms with E-state index in [1.54, 1.807) is 0 Å². The monoisotopic (exact) mass is 406 g/mol. The fourth-order valence-electron chi connectivity index (χ4n) is 1.55. The Kier molecular flexibility index (Phi) is 29.4. The van der Waals surface area contributed by atoms with Crippen molar-refractivity contribution in [2.24, 2.45) is 0 Å². The zero-order chi connectivity index (χ0) is 18.3. The fraction of sp³-hybridized carbons (Fsp3) is 1.00. The molecule has 0 atom stereocenters. The zero-order valence-electron chi connectivity index (χ0n) is 15.5.